The van der Waals surface area contributed by atoms with Crippen molar-refractivity contribution in [3.05, 3.63) is 35.1 Å². The zero-order valence-corrected chi connectivity index (χ0v) is 13.1. The molecular formula is C15H24ClFN2O. The van der Waals surface area contributed by atoms with Gasteiger partial charge in [0.15, 0.2) is 0 Å². The number of aryl methyl sites for hydroxylation is 1. The number of halogens is 2. The zero-order valence-electron chi connectivity index (χ0n) is 12.3. The lowest BCUT2D eigenvalue weighted by atomic mass is 9.99. The second-order valence-corrected chi connectivity index (χ2v) is 5.02. The molecule has 0 saturated carbocycles. The quantitative estimate of drug-likeness (QED) is 0.848. The first-order valence-electron chi connectivity index (χ1n) is 6.74. The van der Waals surface area contributed by atoms with E-state index >= 15 is 0 Å². The van der Waals surface area contributed by atoms with Gasteiger partial charge >= 0.3 is 0 Å². The molecule has 114 valence electrons. The number of hydrogen-bond donors (Lipinski definition) is 2. The minimum Gasteiger partial charge on any atom is -0.354 e. The summed E-state index contributed by atoms with van der Waals surface area (Å²) in [5.74, 6) is -0.175. The Bertz CT molecular complexity index is 440. The molecule has 0 aliphatic rings. The molecule has 3 nitrogen and oxygen atoms in total. The first-order valence-corrected chi connectivity index (χ1v) is 6.74. The molecule has 0 aromatic heterocycles. The molecule has 0 bridgehead atoms. The van der Waals surface area contributed by atoms with Crippen LogP contribution in [0, 0.1) is 18.7 Å². The third-order valence-corrected chi connectivity index (χ3v) is 3.56. The maximum Gasteiger partial charge on any atom is 0.237 e. The fourth-order valence-corrected chi connectivity index (χ4v) is 1.89. The Labute approximate surface area is 126 Å². The van der Waals surface area contributed by atoms with Crippen molar-refractivity contribution in [1.82, 2.24) is 5.32 Å². The molecule has 5 heteroatoms. The Morgan fingerprint density at radius 1 is 1.45 bits per heavy atom. The van der Waals surface area contributed by atoms with Crippen LogP contribution in [-0.4, -0.2) is 18.5 Å². The molecule has 0 spiro atoms. The lowest BCUT2D eigenvalue weighted by Crippen LogP contribution is -2.45. The number of benzene rings is 1. The van der Waals surface area contributed by atoms with Crippen molar-refractivity contribution in [2.75, 3.05) is 6.54 Å². The lowest BCUT2D eigenvalue weighted by Gasteiger charge is -2.17. The van der Waals surface area contributed by atoms with E-state index in [2.05, 4.69) is 5.32 Å². The van der Waals surface area contributed by atoms with Crippen LogP contribution in [0.3, 0.4) is 0 Å². The second kappa shape index (κ2) is 8.93. The van der Waals surface area contributed by atoms with Crippen LogP contribution in [0.4, 0.5) is 4.39 Å². The zero-order chi connectivity index (χ0) is 14.4. The van der Waals surface area contributed by atoms with E-state index in [1.54, 1.807) is 6.07 Å². The third-order valence-electron chi connectivity index (χ3n) is 3.56. The van der Waals surface area contributed by atoms with Gasteiger partial charge in [-0.15, -0.1) is 12.4 Å². The highest BCUT2D eigenvalue weighted by molar-refractivity contribution is 5.85. The number of rotatable bonds is 6. The Morgan fingerprint density at radius 3 is 2.65 bits per heavy atom. The van der Waals surface area contributed by atoms with Gasteiger partial charge in [0, 0.05) is 6.54 Å². The van der Waals surface area contributed by atoms with Crippen molar-refractivity contribution in [3.63, 3.8) is 0 Å². The SMILES string of the molecule is CCC(C)C(N)C(=O)NCCc1ccc(F)cc1C.Cl. The molecule has 0 radical (unpaired) electrons. The molecule has 0 heterocycles. The van der Waals surface area contributed by atoms with E-state index in [0.29, 0.717) is 13.0 Å². The molecule has 1 amide bonds. The molecule has 2 unspecified atom stereocenters. The van der Waals surface area contributed by atoms with Crippen molar-refractivity contribution in [2.45, 2.75) is 39.7 Å². The molecule has 20 heavy (non-hydrogen) atoms. The predicted molar refractivity (Wildman–Crippen MR) is 82.5 cm³/mol. The minimum absolute atomic E-state index is 0. The molecule has 0 saturated heterocycles. The van der Waals surface area contributed by atoms with Crippen LogP contribution in [0.25, 0.3) is 0 Å². The summed E-state index contributed by atoms with van der Waals surface area (Å²) >= 11 is 0. The number of amides is 1. The van der Waals surface area contributed by atoms with Crippen molar-refractivity contribution < 1.29 is 9.18 Å². The highest BCUT2D eigenvalue weighted by atomic mass is 35.5. The molecule has 1 aromatic rings. The summed E-state index contributed by atoms with van der Waals surface area (Å²) < 4.78 is 12.9. The summed E-state index contributed by atoms with van der Waals surface area (Å²) in [4.78, 5) is 11.8. The van der Waals surface area contributed by atoms with Gasteiger partial charge in [-0.1, -0.05) is 26.3 Å². The summed E-state index contributed by atoms with van der Waals surface area (Å²) in [6, 6.07) is 4.24. The van der Waals surface area contributed by atoms with Crippen LogP contribution in [-0.2, 0) is 11.2 Å². The van der Waals surface area contributed by atoms with Gasteiger partial charge in [-0.25, -0.2) is 4.39 Å². The maximum absolute atomic E-state index is 12.9. The van der Waals surface area contributed by atoms with Gasteiger partial charge in [0.05, 0.1) is 6.04 Å². The predicted octanol–water partition coefficient (Wildman–Crippen LogP) is 2.59. The summed E-state index contributed by atoms with van der Waals surface area (Å²) in [7, 11) is 0. The van der Waals surface area contributed by atoms with E-state index in [-0.39, 0.29) is 30.0 Å². The molecule has 3 N–H and O–H groups in total. The van der Waals surface area contributed by atoms with E-state index in [4.69, 9.17) is 5.73 Å². The van der Waals surface area contributed by atoms with Crippen LogP contribution in [0.1, 0.15) is 31.4 Å². The highest BCUT2D eigenvalue weighted by Crippen LogP contribution is 2.10. The van der Waals surface area contributed by atoms with Gasteiger partial charge in [0.25, 0.3) is 0 Å². The van der Waals surface area contributed by atoms with Crippen LogP contribution >= 0.6 is 12.4 Å². The minimum atomic E-state index is -0.459. The Hall–Kier alpha value is -1.13. The molecular weight excluding hydrogens is 279 g/mol. The number of nitrogens with two attached hydrogens (primary N) is 1. The molecule has 0 aliphatic heterocycles. The number of carbonyl (C=O) groups is 1. The van der Waals surface area contributed by atoms with Crippen molar-refractivity contribution in [2.24, 2.45) is 11.7 Å². The van der Waals surface area contributed by atoms with Crippen LogP contribution in [0.5, 0.6) is 0 Å². The average molecular weight is 303 g/mol. The lowest BCUT2D eigenvalue weighted by molar-refractivity contribution is -0.123. The fraction of sp³-hybridized carbons (Fsp3) is 0.533. The standard InChI is InChI=1S/C15H23FN2O.ClH/c1-4-10(2)14(17)15(19)18-8-7-12-5-6-13(16)9-11(12)3;/h5-6,9-10,14H,4,7-8,17H2,1-3H3,(H,18,19);1H. The van der Waals surface area contributed by atoms with Crippen molar-refractivity contribution in [3.8, 4) is 0 Å². The highest BCUT2D eigenvalue weighted by Gasteiger charge is 2.18. The van der Waals surface area contributed by atoms with Crippen molar-refractivity contribution >= 4 is 18.3 Å². The molecule has 0 aliphatic carbocycles. The van der Waals surface area contributed by atoms with Gasteiger partial charge in [-0.05, 0) is 42.5 Å². The normalized spacial score (nSPS) is 13.2. The van der Waals surface area contributed by atoms with Crippen LogP contribution < -0.4 is 11.1 Å². The van der Waals surface area contributed by atoms with E-state index in [0.717, 1.165) is 17.5 Å². The third kappa shape index (κ3) is 5.47. The molecule has 1 rings (SSSR count). The van der Waals surface area contributed by atoms with E-state index in [1.165, 1.54) is 12.1 Å². The molecule has 0 fully saturated rings. The first-order chi connectivity index (χ1) is 8.95. The van der Waals surface area contributed by atoms with E-state index < -0.39 is 6.04 Å². The number of hydrogen-bond acceptors (Lipinski definition) is 2. The van der Waals surface area contributed by atoms with E-state index in [1.807, 2.05) is 20.8 Å². The number of carbonyl (C=O) groups excluding carboxylic acids is 1. The summed E-state index contributed by atoms with van der Waals surface area (Å²) in [5.41, 5.74) is 7.78. The van der Waals surface area contributed by atoms with Gasteiger partial charge in [0.2, 0.25) is 5.91 Å². The first kappa shape index (κ1) is 18.9. The fourth-order valence-electron chi connectivity index (χ4n) is 1.89. The maximum atomic E-state index is 12.9. The Kier molecular flexibility index (Phi) is 8.42. The average Bonchev–Trinajstić information content (AvgIpc) is 2.39. The molecule has 1 aromatic carbocycles. The topological polar surface area (TPSA) is 55.1 Å². The van der Waals surface area contributed by atoms with Crippen molar-refractivity contribution in [1.29, 1.82) is 0 Å². The second-order valence-electron chi connectivity index (χ2n) is 5.02. The van der Waals surface area contributed by atoms with E-state index in [9.17, 15) is 9.18 Å². The van der Waals surface area contributed by atoms with Gasteiger partial charge in [-0.2, -0.15) is 0 Å². The summed E-state index contributed by atoms with van der Waals surface area (Å²) in [6.45, 7) is 6.37. The largest absolute Gasteiger partial charge is 0.354 e. The summed E-state index contributed by atoms with van der Waals surface area (Å²) in [6.07, 6.45) is 1.57. The van der Waals surface area contributed by atoms with Gasteiger partial charge < -0.3 is 11.1 Å². The van der Waals surface area contributed by atoms with Crippen LogP contribution in [0.15, 0.2) is 18.2 Å². The smallest absolute Gasteiger partial charge is 0.237 e. The van der Waals surface area contributed by atoms with Gasteiger partial charge in [0.1, 0.15) is 5.82 Å². The molecule has 2 atom stereocenters. The summed E-state index contributed by atoms with van der Waals surface area (Å²) in [5, 5.41) is 2.83. The van der Waals surface area contributed by atoms with Crippen LogP contribution in [0.2, 0.25) is 0 Å². The van der Waals surface area contributed by atoms with Gasteiger partial charge in [-0.3, -0.25) is 4.79 Å². The Balaban J connectivity index is 0.00000361. The monoisotopic (exact) mass is 302 g/mol. The Morgan fingerprint density at radius 2 is 2.10 bits per heavy atom. The number of nitrogens with one attached hydrogen (secondary N) is 1.